The Balaban J connectivity index is 3.99. The minimum absolute atomic E-state index is 0.406. The smallest absolute Gasteiger partial charge is 0.447 e. The third-order valence-corrected chi connectivity index (χ3v) is 8.31. The van der Waals surface area contributed by atoms with Crippen molar-refractivity contribution in [1.82, 2.24) is 5.32 Å². The Hall–Kier alpha value is -3.37. The molecule has 0 heterocycles. The predicted octanol–water partition coefficient (Wildman–Crippen LogP) is 11.5. The molecule has 1 aromatic rings. The Kier molecular flexibility index (Phi) is 14.7. The van der Waals surface area contributed by atoms with Gasteiger partial charge < -0.3 is 15.2 Å². The number of amides is 1. The van der Waals surface area contributed by atoms with Crippen LogP contribution in [0.4, 0.5) is 119 Å². The van der Waals surface area contributed by atoms with Crippen LogP contribution in [-0.4, -0.2) is 101 Å². The van der Waals surface area contributed by atoms with Gasteiger partial charge in [0.15, 0.2) is 0 Å². The van der Waals surface area contributed by atoms with Crippen LogP contribution in [-0.2, 0) is 11.2 Å². The van der Waals surface area contributed by atoms with Crippen molar-refractivity contribution in [3.63, 3.8) is 0 Å². The molecule has 0 aliphatic heterocycles. The summed E-state index contributed by atoms with van der Waals surface area (Å²) in [6.07, 6.45) is -33.2. The maximum Gasteiger partial charge on any atom is 0.460 e. The lowest BCUT2D eigenvalue weighted by Crippen LogP contribution is -2.70. The number of benzene rings is 1. The summed E-state index contributed by atoms with van der Waals surface area (Å²) in [5, 5.41) is 12.6. The number of hydrogen-bond donors (Lipinski definition) is 2. The van der Waals surface area contributed by atoms with E-state index < -0.39 is 133 Å². The molecule has 0 bridgehead atoms. The Morgan fingerprint density at radius 2 is 0.814 bits per heavy atom. The Morgan fingerprint density at radius 1 is 0.508 bits per heavy atom. The fourth-order valence-corrected chi connectivity index (χ4v) is 4.75. The van der Waals surface area contributed by atoms with Gasteiger partial charge in [-0.25, -0.2) is 4.79 Å². The van der Waals surface area contributed by atoms with Crippen LogP contribution in [0, 0.1) is 0 Å². The largest absolute Gasteiger partial charge is 0.460 e. The van der Waals surface area contributed by atoms with Crippen LogP contribution in [0.1, 0.15) is 45.1 Å². The Labute approximate surface area is 312 Å². The standard InChI is InChI=1S/C29H25F26NO3/c1-13(2)59-16(57)56-15(12-14-6-4-3-5-7-14)17(58,8-10-18(30,31)20(34,35)22(38,39)24(42,43)26(46,47)28(50,51)52)9-11-19(32,33)21(36,37)23(40,41)25(44,45)27(48,49)29(53,54)55/h3-7,13,15,58H,8-12H2,1-2H3,(H,56,57)/t15-/m0/s1. The monoisotopic (exact) mass is 929 g/mol. The van der Waals surface area contributed by atoms with Crippen LogP contribution in [0.3, 0.4) is 0 Å². The molecule has 1 amide bonds. The fraction of sp³-hybridized carbons (Fsp3) is 0.759. The van der Waals surface area contributed by atoms with Crippen molar-refractivity contribution in [2.45, 2.75) is 135 Å². The minimum Gasteiger partial charge on any atom is -0.447 e. The fourth-order valence-electron chi connectivity index (χ4n) is 4.75. The number of halogens is 26. The van der Waals surface area contributed by atoms with Gasteiger partial charge >= 0.3 is 77.7 Å². The zero-order chi connectivity index (χ0) is 47.3. The van der Waals surface area contributed by atoms with Crippen molar-refractivity contribution in [2.24, 2.45) is 0 Å². The molecule has 0 aliphatic carbocycles. The molecule has 4 nitrogen and oxygen atoms in total. The molecule has 1 rings (SSSR count). The SMILES string of the molecule is CC(C)OC(=O)N[C@@H](Cc1ccccc1)C(O)(CCC(F)(F)C(F)(F)C(F)(F)C(F)(F)C(F)(F)C(F)(F)F)CCC(F)(F)C(F)(F)C(F)(F)C(F)(F)C(F)(F)C(F)(F)F. The maximum atomic E-state index is 14.8. The lowest BCUT2D eigenvalue weighted by molar-refractivity contribution is -0.440. The topological polar surface area (TPSA) is 58.6 Å². The number of hydrogen-bond acceptors (Lipinski definition) is 3. The van der Waals surface area contributed by atoms with E-state index in [1.807, 2.05) is 0 Å². The second-order valence-corrected chi connectivity index (χ2v) is 12.9. The van der Waals surface area contributed by atoms with E-state index in [2.05, 4.69) is 4.74 Å². The van der Waals surface area contributed by atoms with Crippen molar-refractivity contribution in [3.05, 3.63) is 35.9 Å². The number of ether oxygens (including phenoxy) is 1. The van der Waals surface area contributed by atoms with E-state index in [0.717, 1.165) is 44.2 Å². The molecule has 30 heteroatoms. The van der Waals surface area contributed by atoms with Crippen molar-refractivity contribution >= 4 is 6.09 Å². The second-order valence-electron chi connectivity index (χ2n) is 12.9. The summed E-state index contributed by atoms with van der Waals surface area (Å²) < 4.78 is 361. The zero-order valence-corrected chi connectivity index (χ0v) is 28.7. The number of alkyl halides is 26. The highest BCUT2D eigenvalue weighted by molar-refractivity contribution is 5.68. The number of rotatable bonds is 19. The molecule has 0 unspecified atom stereocenters. The molecule has 0 radical (unpaired) electrons. The van der Waals surface area contributed by atoms with E-state index >= 15 is 0 Å². The Bertz CT molecular complexity index is 1490. The Morgan fingerprint density at radius 3 is 1.10 bits per heavy atom. The van der Waals surface area contributed by atoms with Gasteiger partial charge in [-0.05, 0) is 38.7 Å². The van der Waals surface area contributed by atoms with Gasteiger partial charge in [0.1, 0.15) is 0 Å². The molecule has 59 heavy (non-hydrogen) atoms. The lowest BCUT2D eigenvalue weighted by Gasteiger charge is -2.43. The molecule has 346 valence electrons. The van der Waals surface area contributed by atoms with Crippen molar-refractivity contribution in [3.8, 4) is 0 Å². The molecule has 1 atom stereocenters. The molecule has 0 spiro atoms. The normalized spacial score (nSPS) is 16.0. The molecule has 0 aromatic heterocycles. The van der Waals surface area contributed by atoms with Crippen LogP contribution < -0.4 is 5.32 Å². The highest BCUT2D eigenvalue weighted by Crippen LogP contribution is 2.63. The summed E-state index contributed by atoms with van der Waals surface area (Å²) >= 11 is 0. The third-order valence-electron chi connectivity index (χ3n) is 8.31. The van der Waals surface area contributed by atoms with Gasteiger partial charge in [0, 0.05) is 12.8 Å². The summed E-state index contributed by atoms with van der Waals surface area (Å²) in [4.78, 5) is 12.4. The van der Waals surface area contributed by atoms with E-state index in [9.17, 15) is 124 Å². The van der Waals surface area contributed by atoms with Crippen molar-refractivity contribution in [1.29, 1.82) is 0 Å². The van der Waals surface area contributed by atoms with Gasteiger partial charge in [-0.3, -0.25) is 0 Å². The van der Waals surface area contributed by atoms with Crippen molar-refractivity contribution in [2.75, 3.05) is 0 Å². The predicted molar refractivity (Wildman–Crippen MR) is 144 cm³/mol. The van der Waals surface area contributed by atoms with E-state index in [4.69, 9.17) is 0 Å². The first kappa shape index (κ1) is 53.6. The summed E-state index contributed by atoms with van der Waals surface area (Å²) in [5.41, 5.74) is -4.78. The summed E-state index contributed by atoms with van der Waals surface area (Å²) in [6, 6.07) is 2.01. The van der Waals surface area contributed by atoms with Gasteiger partial charge in [-0.1, -0.05) is 30.3 Å². The number of carbonyl (C=O) groups excluding carboxylic acids is 1. The average molecular weight is 929 g/mol. The molecule has 0 aliphatic rings. The highest BCUT2D eigenvalue weighted by atomic mass is 19.4. The van der Waals surface area contributed by atoms with E-state index in [1.54, 1.807) is 0 Å². The zero-order valence-electron chi connectivity index (χ0n) is 28.7. The molecular formula is C29H25F26NO3. The first-order valence-electron chi connectivity index (χ1n) is 15.3. The maximum absolute atomic E-state index is 14.8. The first-order valence-corrected chi connectivity index (χ1v) is 15.3. The van der Waals surface area contributed by atoms with Gasteiger partial charge in [-0.2, -0.15) is 114 Å². The van der Waals surface area contributed by atoms with E-state index in [-0.39, 0.29) is 0 Å². The van der Waals surface area contributed by atoms with Crippen LogP contribution in [0.2, 0.25) is 0 Å². The van der Waals surface area contributed by atoms with Gasteiger partial charge in [0.25, 0.3) is 0 Å². The molecule has 2 N–H and O–H groups in total. The van der Waals surface area contributed by atoms with Crippen molar-refractivity contribution < 1.29 is 129 Å². The van der Waals surface area contributed by atoms with Gasteiger partial charge in [-0.15, -0.1) is 0 Å². The summed E-state index contributed by atoms with van der Waals surface area (Å²) in [5.74, 6) is -81.1. The van der Waals surface area contributed by atoms with Gasteiger partial charge in [0.2, 0.25) is 0 Å². The highest BCUT2D eigenvalue weighted by Gasteiger charge is 2.92. The number of alkyl carbamates (subject to hydrolysis) is 1. The third kappa shape index (κ3) is 9.44. The molecule has 0 saturated heterocycles. The number of carbonyl (C=O) groups is 1. The van der Waals surface area contributed by atoms with E-state index in [0.29, 0.717) is 0 Å². The summed E-state index contributed by atoms with van der Waals surface area (Å²) in [7, 11) is 0. The van der Waals surface area contributed by atoms with Crippen LogP contribution >= 0.6 is 0 Å². The first-order chi connectivity index (χ1) is 25.7. The molecule has 0 fully saturated rings. The number of nitrogens with one attached hydrogen (secondary N) is 1. The van der Waals surface area contributed by atoms with Gasteiger partial charge in [0.05, 0.1) is 17.7 Å². The van der Waals surface area contributed by atoms with E-state index in [1.165, 1.54) is 5.32 Å². The second kappa shape index (κ2) is 16.2. The number of aliphatic hydroxyl groups is 1. The van der Waals surface area contributed by atoms with Crippen LogP contribution in [0.5, 0.6) is 0 Å². The quantitative estimate of drug-likeness (QED) is 0.136. The average Bonchev–Trinajstić information content (AvgIpc) is 3.04. The van der Waals surface area contributed by atoms with Crippen LogP contribution in [0.15, 0.2) is 30.3 Å². The molecular weight excluding hydrogens is 904 g/mol. The van der Waals surface area contributed by atoms with Crippen LogP contribution in [0.25, 0.3) is 0 Å². The lowest BCUT2D eigenvalue weighted by atomic mass is 9.78. The molecule has 0 saturated carbocycles. The summed E-state index contributed by atoms with van der Waals surface area (Å²) in [6.45, 7) is 2.00. The minimum atomic E-state index is -8.50. The molecule has 1 aromatic carbocycles.